The van der Waals surface area contributed by atoms with Crippen molar-refractivity contribution in [3.8, 4) is 0 Å². The number of hydrogen-bond acceptors (Lipinski definition) is 1. The molecule has 17 heavy (non-hydrogen) atoms. The molecule has 0 radical (unpaired) electrons. The van der Waals surface area contributed by atoms with Crippen molar-refractivity contribution < 1.29 is 14.1 Å². The second-order valence-corrected chi connectivity index (χ2v) is 4.52. The highest BCUT2D eigenvalue weighted by molar-refractivity contribution is 5.73. The molecule has 0 aromatic heterocycles. The summed E-state index contributed by atoms with van der Waals surface area (Å²) in [6.07, 6.45) is 0. The summed E-state index contributed by atoms with van der Waals surface area (Å²) in [4.78, 5) is 14.4. The molecule has 1 heterocycles. The Bertz CT molecular complexity index is 400. The lowest BCUT2D eigenvalue weighted by atomic mass is 10.2. The van der Waals surface area contributed by atoms with Crippen LogP contribution >= 0.6 is 0 Å². The van der Waals surface area contributed by atoms with Gasteiger partial charge in [0, 0.05) is 12.5 Å². The highest BCUT2D eigenvalue weighted by atomic mass is 19.1. The molecule has 1 aliphatic rings. The average Bonchev–Trinajstić information content (AvgIpc) is 2.33. The lowest BCUT2D eigenvalue weighted by molar-refractivity contribution is -0.917. The number of rotatable bonds is 2. The topological polar surface area (TPSA) is 24.8 Å². The van der Waals surface area contributed by atoms with Gasteiger partial charge in [-0.2, -0.15) is 0 Å². The van der Waals surface area contributed by atoms with Crippen LogP contribution in [-0.2, 0) is 11.3 Å². The normalized spacial score (nSPS) is 17.2. The van der Waals surface area contributed by atoms with Gasteiger partial charge in [-0.25, -0.2) is 4.39 Å². The van der Waals surface area contributed by atoms with Gasteiger partial charge in [0.15, 0.2) is 0 Å². The van der Waals surface area contributed by atoms with E-state index in [1.165, 1.54) is 11.0 Å². The number of benzene rings is 1. The number of hydrogen-bond donors (Lipinski definition) is 1. The molecule has 3 nitrogen and oxygen atoms in total. The largest absolute Gasteiger partial charge is 0.332 e. The Hall–Kier alpha value is -1.42. The van der Waals surface area contributed by atoms with E-state index in [9.17, 15) is 9.18 Å². The van der Waals surface area contributed by atoms with Gasteiger partial charge in [-0.05, 0) is 6.07 Å². The smallest absolute Gasteiger partial charge is 0.219 e. The molecule has 92 valence electrons. The summed E-state index contributed by atoms with van der Waals surface area (Å²) in [5.41, 5.74) is 0.763. The Kier molecular flexibility index (Phi) is 3.74. The summed E-state index contributed by atoms with van der Waals surface area (Å²) in [5, 5.41) is 0. The summed E-state index contributed by atoms with van der Waals surface area (Å²) >= 11 is 0. The van der Waals surface area contributed by atoms with Crippen LogP contribution in [0.15, 0.2) is 24.3 Å². The van der Waals surface area contributed by atoms with E-state index in [2.05, 4.69) is 0 Å². The highest BCUT2D eigenvalue weighted by Gasteiger charge is 2.22. The van der Waals surface area contributed by atoms with Crippen LogP contribution in [0.25, 0.3) is 0 Å². The number of carbonyl (C=O) groups excluding carboxylic acids is 1. The summed E-state index contributed by atoms with van der Waals surface area (Å²) in [7, 11) is 0. The molecule has 2 rings (SSSR count). The molecular weight excluding hydrogens is 219 g/mol. The molecule has 4 heteroatoms. The Morgan fingerprint density at radius 1 is 1.35 bits per heavy atom. The van der Waals surface area contributed by atoms with Crippen LogP contribution in [0, 0.1) is 5.82 Å². The van der Waals surface area contributed by atoms with Gasteiger partial charge in [-0.3, -0.25) is 4.79 Å². The third kappa shape index (κ3) is 3.03. The summed E-state index contributed by atoms with van der Waals surface area (Å²) < 4.78 is 13.5. The molecule has 1 saturated heterocycles. The molecule has 1 N–H and O–H groups in total. The second kappa shape index (κ2) is 5.27. The van der Waals surface area contributed by atoms with Gasteiger partial charge >= 0.3 is 0 Å². The molecule has 0 saturated carbocycles. The van der Waals surface area contributed by atoms with E-state index in [-0.39, 0.29) is 11.7 Å². The first-order valence-corrected chi connectivity index (χ1v) is 5.99. The minimum atomic E-state index is -0.131. The van der Waals surface area contributed by atoms with E-state index in [0.29, 0.717) is 6.54 Å². The van der Waals surface area contributed by atoms with Gasteiger partial charge in [0.05, 0.1) is 26.2 Å². The molecular formula is C13H18FN2O+. The van der Waals surface area contributed by atoms with Crippen LogP contribution in [0.3, 0.4) is 0 Å². The maximum atomic E-state index is 13.5. The molecule has 0 unspecified atom stereocenters. The van der Waals surface area contributed by atoms with E-state index in [1.807, 2.05) is 17.0 Å². The number of amides is 1. The Morgan fingerprint density at radius 2 is 2.00 bits per heavy atom. The van der Waals surface area contributed by atoms with Crippen molar-refractivity contribution in [2.45, 2.75) is 13.5 Å². The third-order valence-electron chi connectivity index (χ3n) is 3.31. The van der Waals surface area contributed by atoms with Gasteiger partial charge in [0.25, 0.3) is 0 Å². The standard InChI is InChI=1S/C13H17FN2O/c1-11(17)16-8-6-15(7-9-16)10-12-4-2-3-5-13(12)14/h2-5H,6-10H2,1H3/p+1. The predicted molar refractivity (Wildman–Crippen MR) is 63.1 cm³/mol. The van der Waals surface area contributed by atoms with Crippen LogP contribution in [0.5, 0.6) is 0 Å². The fourth-order valence-electron chi connectivity index (χ4n) is 2.23. The fourth-order valence-corrected chi connectivity index (χ4v) is 2.23. The van der Waals surface area contributed by atoms with Gasteiger partial charge in [-0.15, -0.1) is 0 Å². The second-order valence-electron chi connectivity index (χ2n) is 4.52. The number of carbonyl (C=O) groups is 1. The van der Waals surface area contributed by atoms with Gasteiger partial charge in [0.1, 0.15) is 12.4 Å². The molecule has 0 bridgehead atoms. The molecule has 1 aromatic carbocycles. The molecule has 1 amide bonds. The van der Waals surface area contributed by atoms with Crippen LogP contribution in [0.4, 0.5) is 4.39 Å². The lowest BCUT2D eigenvalue weighted by Crippen LogP contribution is -3.13. The third-order valence-corrected chi connectivity index (χ3v) is 3.31. The summed E-state index contributed by atoms with van der Waals surface area (Å²) in [6.45, 7) is 5.65. The van der Waals surface area contributed by atoms with Crippen molar-refractivity contribution in [2.75, 3.05) is 26.2 Å². The van der Waals surface area contributed by atoms with Crippen LogP contribution in [0.2, 0.25) is 0 Å². The van der Waals surface area contributed by atoms with Crippen molar-refractivity contribution >= 4 is 5.91 Å². The van der Waals surface area contributed by atoms with E-state index >= 15 is 0 Å². The van der Waals surface area contributed by atoms with Crippen molar-refractivity contribution in [2.24, 2.45) is 0 Å². The first-order chi connectivity index (χ1) is 8.16. The SMILES string of the molecule is CC(=O)N1CC[NH+](Cc2ccccc2F)CC1. The van der Waals surface area contributed by atoms with Crippen molar-refractivity contribution in [3.63, 3.8) is 0 Å². The number of nitrogens with one attached hydrogen (secondary N) is 1. The van der Waals surface area contributed by atoms with E-state index < -0.39 is 0 Å². The van der Waals surface area contributed by atoms with Crippen LogP contribution in [-0.4, -0.2) is 37.0 Å². The Labute approximate surface area is 101 Å². The van der Waals surface area contributed by atoms with Gasteiger partial charge < -0.3 is 9.80 Å². The minimum absolute atomic E-state index is 0.131. The lowest BCUT2D eigenvalue weighted by Gasteiger charge is -2.31. The van der Waals surface area contributed by atoms with E-state index in [1.54, 1.807) is 13.0 Å². The molecule has 0 spiro atoms. The first kappa shape index (κ1) is 12.0. The monoisotopic (exact) mass is 237 g/mol. The summed E-state index contributed by atoms with van der Waals surface area (Å²) in [5.74, 6) is 0.00365. The van der Waals surface area contributed by atoms with Crippen LogP contribution < -0.4 is 4.90 Å². The first-order valence-electron chi connectivity index (χ1n) is 5.99. The molecule has 1 fully saturated rings. The highest BCUT2D eigenvalue weighted by Crippen LogP contribution is 2.04. The average molecular weight is 237 g/mol. The zero-order chi connectivity index (χ0) is 12.3. The Morgan fingerprint density at radius 3 is 2.59 bits per heavy atom. The van der Waals surface area contributed by atoms with Crippen molar-refractivity contribution in [3.05, 3.63) is 35.6 Å². The number of quaternary nitrogens is 1. The minimum Gasteiger partial charge on any atom is -0.332 e. The molecule has 1 aromatic rings. The number of piperazine rings is 1. The quantitative estimate of drug-likeness (QED) is 0.774. The van der Waals surface area contributed by atoms with Crippen LogP contribution in [0.1, 0.15) is 12.5 Å². The Balaban J connectivity index is 1.90. The number of nitrogens with zero attached hydrogens (tertiary/aromatic N) is 1. The molecule has 0 atom stereocenters. The maximum absolute atomic E-state index is 13.5. The maximum Gasteiger partial charge on any atom is 0.219 e. The van der Waals surface area contributed by atoms with Crippen molar-refractivity contribution in [1.82, 2.24) is 4.90 Å². The summed E-state index contributed by atoms with van der Waals surface area (Å²) in [6, 6.07) is 6.91. The predicted octanol–water partition coefficient (Wildman–Crippen LogP) is 0.0727. The zero-order valence-corrected chi connectivity index (χ0v) is 10.1. The zero-order valence-electron chi connectivity index (χ0n) is 10.1. The van der Waals surface area contributed by atoms with E-state index in [4.69, 9.17) is 0 Å². The van der Waals surface area contributed by atoms with Crippen molar-refractivity contribution in [1.29, 1.82) is 0 Å². The van der Waals surface area contributed by atoms with Gasteiger partial charge in [0.2, 0.25) is 5.91 Å². The molecule has 0 aliphatic carbocycles. The van der Waals surface area contributed by atoms with E-state index in [0.717, 1.165) is 31.7 Å². The molecule has 1 aliphatic heterocycles. The number of halogens is 1. The fraction of sp³-hybridized carbons (Fsp3) is 0.462. The van der Waals surface area contributed by atoms with Gasteiger partial charge in [-0.1, -0.05) is 18.2 Å².